The van der Waals surface area contributed by atoms with Crippen molar-refractivity contribution in [2.75, 3.05) is 6.61 Å². The predicted molar refractivity (Wildman–Crippen MR) is 108 cm³/mol. The molecule has 0 radical (unpaired) electrons. The Hall–Kier alpha value is -0.940. The van der Waals surface area contributed by atoms with Crippen molar-refractivity contribution >= 4 is 11.7 Å². The predicted octanol–water partition coefficient (Wildman–Crippen LogP) is 4.25. The van der Waals surface area contributed by atoms with Crippen LogP contribution in [0.1, 0.15) is 93.3 Å². The van der Waals surface area contributed by atoms with Gasteiger partial charge in [0.25, 0.3) is 0 Å². The number of Topliss-reactive ketones (excluding diaryl/α,β-unsaturated/α-hetero) is 1. The van der Waals surface area contributed by atoms with Crippen LogP contribution < -0.4 is 5.73 Å². The topological polar surface area (TPSA) is 89.6 Å². The van der Waals surface area contributed by atoms with Crippen LogP contribution in [0.4, 0.5) is 0 Å². The molecule has 2 rings (SSSR count). The van der Waals surface area contributed by atoms with Crippen molar-refractivity contribution in [3.8, 4) is 0 Å². The van der Waals surface area contributed by atoms with E-state index in [1.165, 1.54) is 38.5 Å². The van der Waals surface area contributed by atoms with E-state index in [0.717, 1.165) is 19.3 Å². The summed E-state index contributed by atoms with van der Waals surface area (Å²) in [6.07, 6.45) is 11.4. The molecule has 0 aromatic rings. The van der Waals surface area contributed by atoms with Crippen molar-refractivity contribution in [1.82, 2.24) is 0 Å². The average molecular weight is 374 g/mol. The van der Waals surface area contributed by atoms with Crippen LogP contribution in [0, 0.1) is 11.8 Å². The average Bonchev–Trinajstić information content (AvgIpc) is 2.51. The second kappa shape index (κ2) is 15.2. The van der Waals surface area contributed by atoms with Gasteiger partial charge >= 0.3 is 0 Å². The molecule has 0 atom stereocenters. The summed E-state index contributed by atoms with van der Waals surface area (Å²) < 4.78 is 5.63. The number of hydrogen-bond donors (Lipinski definition) is 2. The normalized spacial score (nSPS) is 17.7. The molecule has 0 aromatic heterocycles. The Morgan fingerprint density at radius 3 is 1.92 bits per heavy atom. The summed E-state index contributed by atoms with van der Waals surface area (Å²) in [5.74, 6) is 0.939. The maximum absolute atomic E-state index is 11.1. The highest BCUT2D eigenvalue weighted by Crippen LogP contribution is 2.29. The lowest BCUT2D eigenvalue weighted by atomic mass is 9.79. The molecule has 26 heavy (non-hydrogen) atoms. The van der Waals surface area contributed by atoms with Gasteiger partial charge in [-0.05, 0) is 46.0 Å². The van der Waals surface area contributed by atoms with E-state index in [1.807, 2.05) is 13.8 Å². The molecule has 0 unspecified atom stereocenters. The van der Waals surface area contributed by atoms with E-state index >= 15 is 0 Å². The first kappa shape index (κ1) is 25.1. The molecule has 0 spiro atoms. The Bertz CT molecular complexity index is 376. The molecule has 0 aliphatic heterocycles. The third kappa shape index (κ3) is 14.3. The molecule has 5 heteroatoms. The minimum Gasteiger partial charge on any atom is -0.394 e. The van der Waals surface area contributed by atoms with E-state index in [0.29, 0.717) is 30.8 Å². The number of aliphatic hydroxyl groups is 1. The lowest BCUT2D eigenvalue weighted by Gasteiger charge is -2.25. The van der Waals surface area contributed by atoms with E-state index < -0.39 is 0 Å². The number of rotatable bonds is 7. The van der Waals surface area contributed by atoms with Gasteiger partial charge in [0.1, 0.15) is 5.78 Å². The SMILES string of the molecule is CC(C)C(=O)C1CCC1.CC(C)O.NC(=O)CCCOC1CCCCC1.[HH]. The number of nitrogens with two attached hydrogens (primary N) is 1. The van der Waals surface area contributed by atoms with E-state index in [1.54, 1.807) is 13.8 Å². The van der Waals surface area contributed by atoms with Gasteiger partial charge in [-0.3, -0.25) is 9.59 Å². The first-order chi connectivity index (χ1) is 12.2. The number of ether oxygens (including phenoxy) is 1. The van der Waals surface area contributed by atoms with Gasteiger partial charge in [-0.25, -0.2) is 0 Å². The highest BCUT2D eigenvalue weighted by molar-refractivity contribution is 5.83. The Morgan fingerprint density at radius 2 is 1.58 bits per heavy atom. The van der Waals surface area contributed by atoms with Gasteiger partial charge in [0.15, 0.2) is 0 Å². The Morgan fingerprint density at radius 1 is 1.04 bits per heavy atom. The minimum absolute atomic E-state index is 0. The molecular formula is C21H43NO4. The van der Waals surface area contributed by atoms with Crippen LogP contribution in [-0.2, 0) is 14.3 Å². The molecule has 2 fully saturated rings. The molecule has 3 N–H and O–H groups in total. The lowest BCUT2D eigenvalue weighted by Crippen LogP contribution is -2.25. The molecule has 2 aliphatic rings. The van der Waals surface area contributed by atoms with Gasteiger partial charge in [-0.2, -0.15) is 0 Å². The van der Waals surface area contributed by atoms with Gasteiger partial charge in [-0.15, -0.1) is 0 Å². The summed E-state index contributed by atoms with van der Waals surface area (Å²) in [5, 5.41) is 8.06. The molecule has 5 nitrogen and oxygen atoms in total. The number of hydrogen-bond acceptors (Lipinski definition) is 4. The Balaban J connectivity index is 0. The number of aliphatic hydroxyl groups excluding tert-OH is 1. The largest absolute Gasteiger partial charge is 0.394 e. The van der Waals surface area contributed by atoms with Gasteiger partial charge in [0, 0.05) is 32.4 Å². The summed E-state index contributed by atoms with van der Waals surface area (Å²) in [5.41, 5.74) is 5.02. The highest BCUT2D eigenvalue weighted by atomic mass is 16.5. The fourth-order valence-electron chi connectivity index (χ4n) is 2.89. The summed E-state index contributed by atoms with van der Waals surface area (Å²) in [6, 6.07) is 0. The molecule has 2 saturated carbocycles. The van der Waals surface area contributed by atoms with Crippen LogP contribution in [0.15, 0.2) is 0 Å². The standard InChI is InChI=1S/C10H19NO2.C8H14O.C3H8O.H2/c11-10(12)7-4-8-13-9-5-2-1-3-6-9;1-6(2)8(9)7-4-3-5-7;1-3(2)4;/h9H,1-8H2,(H2,11,12);6-7H,3-5H2,1-2H3;3-4H,1-2H3;1H. The van der Waals surface area contributed by atoms with Crippen LogP contribution in [-0.4, -0.2) is 35.6 Å². The van der Waals surface area contributed by atoms with Gasteiger partial charge in [0.2, 0.25) is 5.91 Å². The van der Waals surface area contributed by atoms with Crippen LogP contribution in [0.3, 0.4) is 0 Å². The summed E-state index contributed by atoms with van der Waals surface area (Å²) in [6.45, 7) is 8.11. The van der Waals surface area contributed by atoms with Gasteiger partial charge < -0.3 is 15.6 Å². The third-order valence-electron chi connectivity index (χ3n) is 4.55. The molecule has 0 saturated heterocycles. The molecule has 0 aromatic carbocycles. The van der Waals surface area contributed by atoms with Crippen LogP contribution in [0.25, 0.3) is 0 Å². The number of amides is 1. The lowest BCUT2D eigenvalue weighted by molar-refractivity contribution is -0.128. The zero-order valence-corrected chi connectivity index (χ0v) is 17.3. The van der Waals surface area contributed by atoms with Crippen molar-refractivity contribution < 1.29 is 20.9 Å². The van der Waals surface area contributed by atoms with Crippen LogP contribution >= 0.6 is 0 Å². The summed E-state index contributed by atoms with van der Waals surface area (Å²) >= 11 is 0. The molecule has 0 bridgehead atoms. The van der Waals surface area contributed by atoms with E-state index in [9.17, 15) is 9.59 Å². The van der Waals surface area contributed by atoms with Gasteiger partial charge in [-0.1, -0.05) is 39.5 Å². The molecule has 0 heterocycles. The van der Waals surface area contributed by atoms with Crippen LogP contribution in [0.5, 0.6) is 0 Å². The molecule has 2 aliphatic carbocycles. The fraction of sp³-hybridized carbons (Fsp3) is 0.905. The van der Waals surface area contributed by atoms with E-state index in [-0.39, 0.29) is 19.4 Å². The Kier molecular flexibility index (Phi) is 14.6. The number of carbonyl (C=O) groups excluding carboxylic acids is 2. The zero-order valence-electron chi connectivity index (χ0n) is 17.3. The zero-order chi connectivity index (χ0) is 19.9. The summed E-state index contributed by atoms with van der Waals surface area (Å²) in [7, 11) is 0. The van der Waals surface area contributed by atoms with Crippen molar-refractivity contribution in [3.05, 3.63) is 0 Å². The monoisotopic (exact) mass is 373 g/mol. The second-order valence-corrected chi connectivity index (χ2v) is 7.98. The second-order valence-electron chi connectivity index (χ2n) is 7.98. The van der Waals surface area contributed by atoms with Crippen molar-refractivity contribution in [1.29, 1.82) is 0 Å². The van der Waals surface area contributed by atoms with E-state index in [4.69, 9.17) is 15.6 Å². The van der Waals surface area contributed by atoms with Crippen LogP contribution in [0.2, 0.25) is 0 Å². The molecular weight excluding hydrogens is 330 g/mol. The fourth-order valence-corrected chi connectivity index (χ4v) is 2.89. The molecule has 156 valence electrons. The highest BCUT2D eigenvalue weighted by Gasteiger charge is 2.26. The molecule has 1 amide bonds. The first-order valence-corrected chi connectivity index (χ1v) is 10.4. The third-order valence-corrected chi connectivity index (χ3v) is 4.55. The minimum atomic E-state index is -0.229. The summed E-state index contributed by atoms with van der Waals surface area (Å²) in [4.78, 5) is 21.5. The van der Waals surface area contributed by atoms with Crippen molar-refractivity contribution in [3.63, 3.8) is 0 Å². The Labute approximate surface area is 161 Å². The van der Waals surface area contributed by atoms with Crippen molar-refractivity contribution in [2.24, 2.45) is 17.6 Å². The van der Waals surface area contributed by atoms with Gasteiger partial charge in [0.05, 0.1) is 6.10 Å². The number of ketones is 1. The van der Waals surface area contributed by atoms with Crippen molar-refractivity contribution in [2.45, 2.75) is 104 Å². The maximum Gasteiger partial charge on any atom is 0.217 e. The first-order valence-electron chi connectivity index (χ1n) is 10.4. The smallest absolute Gasteiger partial charge is 0.217 e. The quantitative estimate of drug-likeness (QED) is 0.653. The number of primary amides is 1. The number of carbonyl (C=O) groups is 2. The van der Waals surface area contributed by atoms with E-state index in [2.05, 4.69) is 0 Å². The maximum atomic E-state index is 11.1.